The summed E-state index contributed by atoms with van der Waals surface area (Å²) < 4.78 is 4.69. The summed E-state index contributed by atoms with van der Waals surface area (Å²) in [5.41, 5.74) is 12.7. The number of rotatable bonds is 6. The van der Waals surface area contributed by atoms with Gasteiger partial charge in [0, 0.05) is 24.7 Å². The summed E-state index contributed by atoms with van der Waals surface area (Å²) in [6, 6.07) is 15.7. The van der Waals surface area contributed by atoms with E-state index >= 15 is 0 Å². The van der Waals surface area contributed by atoms with Gasteiger partial charge in [0.05, 0.1) is 17.9 Å². The first-order valence-electron chi connectivity index (χ1n) is 9.54. The fourth-order valence-electron chi connectivity index (χ4n) is 3.85. The van der Waals surface area contributed by atoms with Crippen LogP contribution in [0.4, 0.5) is 5.69 Å². The first kappa shape index (κ1) is 21.2. The van der Waals surface area contributed by atoms with Gasteiger partial charge < -0.3 is 21.1 Å². The van der Waals surface area contributed by atoms with Gasteiger partial charge in [-0.1, -0.05) is 30.3 Å². The highest BCUT2D eigenvalue weighted by atomic mass is 16.6. The number of hydrogen-bond donors (Lipinski definition) is 3. The lowest BCUT2D eigenvalue weighted by atomic mass is 9.75. The molecule has 0 saturated carbocycles. The van der Waals surface area contributed by atoms with E-state index in [-0.39, 0.29) is 18.2 Å². The zero-order chi connectivity index (χ0) is 21.9. The number of carbonyl (C=O) groups excluding carboxylic acids is 3. The van der Waals surface area contributed by atoms with Crippen molar-refractivity contribution in [3.63, 3.8) is 0 Å². The second kappa shape index (κ2) is 8.46. The van der Waals surface area contributed by atoms with Gasteiger partial charge in [0.25, 0.3) is 0 Å². The Morgan fingerprint density at radius 1 is 1.17 bits per heavy atom. The smallest absolute Gasteiger partial charge is 0.315 e. The van der Waals surface area contributed by atoms with E-state index in [1.165, 1.54) is 0 Å². The summed E-state index contributed by atoms with van der Waals surface area (Å²) in [4.78, 5) is 38.4. The SMILES string of the molecule is CC(=O)OC(=O)CC(N)(c1ccccc1)C1CCN(c2ccc(C(=N)N)cc2)C1=O. The van der Waals surface area contributed by atoms with Gasteiger partial charge in [0.2, 0.25) is 5.91 Å². The molecule has 1 saturated heterocycles. The van der Waals surface area contributed by atoms with Gasteiger partial charge in [-0.2, -0.15) is 0 Å². The Morgan fingerprint density at radius 3 is 2.37 bits per heavy atom. The number of nitrogens with one attached hydrogen (secondary N) is 1. The second-order valence-electron chi connectivity index (χ2n) is 7.34. The van der Waals surface area contributed by atoms with Crippen LogP contribution in [0.2, 0.25) is 0 Å². The van der Waals surface area contributed by atoms with E-state index in [1.54, 1.807) is 53.4 Å². The number of anilines is 1. The van der Waals surface area contributed by atoms with Gasteiger partial charge in [-0.3, -0.25) is 19.8 Å². The van der Waals surface area contributed by atoms with Crippen molar-refractivity contribution in [1.29, 1.82) is 5.41 Å². The molecule has 8 heteroatoms. The number of amides is 1. The maximum absolute atomic E-state index is 13.3. The minimum Gasteiger partial charge on any atom is -0.393 e. The number of carbonyl (C=O) groups is 3. The zero-order valence-corrected chi connectivity index (χ0v) is 16.6. The van der Waals surface area contributed by atoms with Crippen molar-refractivity contribution >= 4 is 29.4 Å². The number of esters is 2. The lowest BCUT2D eigenvalue weighted by Gasteiger charge is -2.34. The molecule has 3 rings (SSSR count). The van der Waals surface area contributed by atoms with E-state index in [4.69, 9.17) is 21.6 Å². The fourth-order valence-corrected chi connectivity index (χ4v) is 3.85. The first-order chi connectivity index (χ1) is 14.2. The molecule has 8 nitrogen and oxygen atoms in total. The molecule has 1 heterocycles. The molecule has 0 aromatic heterocycles. The Bertz CT molecular complexity index is 974. The van der Waals surface area contributed by atoms with Gasteiger partial charge in [-0.15, -0.1) is 0 Å². The molecule has 2 aromatic carbocycles. The van der Waals surface area contributed by atoms with Crippen molar-refractivity contribution in [2.45, 2.75) is 25.3 Å². The molecule has 0 radical (unpaired) electrons. The van der Waals surface area contributed by atoms with E-state index in [9.17, 15) is 14.4 Å². The molecule has 1 aliphatic heterocycles. The molecular weight excluding hydrogens is 384 g/mol. The molecule has 0 spiro atoms. The summed E-state index contributed by atoms with van der Waals surface area (Å²) in [5, 5.41) is 7.49. The minimum absolute atomic E-state index is 0.0544. The highest BCUT2D eigenvalue weighted by Gasteiger charge is 2.48. The molecule has 156 valence electrons. The third kappa shape index (κ3) is 4.23. The van der Waals surface area contributed by atoms with Crippen LogP contribution in [0.5, 0.6) is 0 Å². The van der Waals surface area contributed by atoms with E-state index in [0.29, 0.717) is 29.8 Å². The molecule has 1 aliphatic rings. The van der Waals surface area contributed by atoms with Crippen LogP contribution in [0.1, 0.15) is 30.9 Å². The number of ether oxygens (including phenoxy) is 1. The largest absolute Gasteiger partial charge is 0.393 e. The maximum Gasteiger partial charge on any atom is 0.315 e. The van der Waals surface area contributed by atoms with Crippen molar-refractivity contribution in [2.75, 3.05) is 11.4 Å². The van der Waals surface area contributed by atoms with Gasteiger partial charge in [0.1, 0.15) is 5.84 Å². The van der Waals surface area contributed by atoms with Crippen LogP contribution in [0.15, 0.2) is 54.6 Å². The molecule has 2 unspecified atom stereocenters. The number of hydrogen-bond acceptors (Lipinski definition) is 6. The van der Waals surface area contributed by atoms with Crippen LogP contribution in [0.3, 0.4) is 0 Å². The summed E-state index contributed by atoms with van der Waals surface area (Å²) in [5.74, 6) is -2.44. The van der Waals surface area contributed by atoms with Crippen molar-refractivity contribution in [3.8, 4) is 0 Å². The lowest BCUT2D eigenvalue weighted by molar-refractivity contribution is -0.159. The Labute approximate surface area is 174 Å². The lowest BCUT2D eigenvalue weighted by Crippen LogP contribution is -2.49. The third-order valence-corrected chi connectivity index (χ3v) is 5.32. The Kier molecular flexibility index (Phi) is 5.98. The quantitative estimate of drug-likeness (QED) is 0.287. The number of nitrogens with two attached hydrogens (primary N) is 2. The van der Waals surface area contributed by atoms with E-state index in [0.717, 1.165) is 6.92 Å². The number of amidine groups is 1. The average Bonchev–Trinajstić information content (AvgIpc) is 3.10. The molecule has 1 fully saturated rings. The molecule has 30 heavy (non-hydrogen) atoms. The van der Waals surface area contributed by atoms with Gasteiger partial charge in [-0.05, 0) is 36.2 Å². The Hall–Kier alpha value is -3.52. The number of nitrogen functional groups attached to an aromatic ring is 1. The highest BCUT2D eigenvalue weighted by Crippen LogP contribution is 2.39. The van der Waals surface area contributed by atoms with Crippen LogP contribution in [0, 0.1) is 11.3 Å². The monoisotopic (exact) mass is 408 g/mol. The average molecular weight is 408 g/mol. The Balaban J connectivity index is 1.90. The highest BCUT2D eigenvalue weighted by molar-refractivity contribution is 6.00. The third-order valence-electron chi connectivity index (χ3n) is 5.32. The standard InChI is InChI=1S/C22H24N4O4/c1-14(27)30-19(28)13-22(25,16-5-3-2-4-6-16)18-11-12-26(21(18)29)17-9-7-15(8-10-17)20(23)24/h2-10,18H,11-13,25H2,1H3,(H3,23,24). The van der Waals surface area contributed by atoms with Gasteiger partial charge in [0.15, 0.2) is 0 Å². The number of benzene rings is 2. The molecule has 0 aliphatic carbocycles. The van der Waals surface area contributed by atoms with Crippen LogP contribution >= 0.6 is 0 Å². The normalized spacial score (nSPS) is 18.0. The van der Waals surface area contributed by atoms with Crippen molar-refractivity contribution < 1.29 is 19.1 Å². The fraction of sp³-hybridized carbons (Fsp3) is 0.273. The van der Waals surface area contributed by atoms with Crippen molar-refractivity contribution in [2.24, 2.45) is 17.4 Å². The van der Waals surface area contributed by atoms with Crippen LogP contribution < -0.4 is 16.4 Å². The topological polar surface area (TPSA) is 140 Å². The van der Waals surface area contributed by atoms with E-state index < -0.39 is 23.4 Å². The molecular formula is C22H24N4O4. The maximum atomic E-state index is 13.3. The summed E-state index contributed by atoms with van der Waals surface area (Å²) in [7, 11) is 0. The summed E-state index contributed by atoms with van der Waals surface area (Å²) >= 11 is 0. The van der Waals surface area contributed by atoms with Crippen molar-refractivity contribution in [3.05, 3.63) is 65.7 Å². The molecule has 5 N–H and O–H groups in total. The summed E-state index contributed by atoms with van der Waals surface area (Å²) in [6.45, 7) is 1.57. The second-order valence-corrected chi connectivity index (χ2v) is 7.34. The summed E-state index contributed by atoms with van der Waals surface area (Å²) in [6.07, 6.45) is 0.135. The first-order valence-corrected chi connectivity index (χ1v) is 9.54. The van der Waals surface area contributed by atoms with Crippen molar-refractivity contribution in [1.82, 2.24) is 0 Å². The number of nitrogens with zero attached hydrogens (tertiary/aromatic N) is 1. The molecule has 0 bridgehead atoms. The van der Waals surface area contributed by atoms with E-state index in [1.807, 2.05) is 6.07 Å². The minimum atomic E-state index is -1.32. The van der Waals surface area contributed by atoms with Crippen LogP contribution in [-0.4, -0.2) is 30.2 Å². The van der Waals surface area contributed by atoms with Crippen LogP contribution in [0.25, 0.3) is 0 Å². The zero-order valence-electron chi connectivity index (χ0n) is 16.6. The molecule has 1 amide bonds. The Morgan fingerprint density at radius 2 is 1.80 bits per heavy atom. The predicted octanol–water partition coefficient (Wildman–Crippen LogP) is 1.66. The van der Waals surface area contributed by atoms with E-state index in [2.05, 4.69) is 0 Å². The molecule has 2 atom stereocenters. The van der Waals surface area contributed by atoms with Gasteiger partial charge >= 0.3 is 11.9 Å². The predicted molar refractivity (Wildman–Crippen MR) is 112 cm³/mol. The van der Waals surface area contributed by atoms with Crippen LogP contribution in [-0.2, 0) is 24.7 Å². The van der Waals surface area contributed by atoms with Gasteiger partial charge in [-0.25, -0.2) is 0 Å². The molecule has 2 aromatic rings.